The van der Waals surface area contributed by atoms with Crippen LogP contribution in [0.4, 0.5) is 4.39 Å². The van der Waals surface area contributed by atoms with Crippen LogP contribution in [-0.2, 0) is 16.6 Å². The van der Waals surface area contributed by atoms with E-state index in [9.17, 15) is 12.8 Å². The Bertz CT molecular complexity index is 1080. The number of rotatable bonds is 6. The Balaban J connectivity index is 1.36. The van der Waals surface area contributed by atoms with Crippen LogP contribution in [0.2, 0.25) is 0 Å². The first-order valence-electron chi connectivity index (χ1n) is 9.81. The fourth-order valence-corrected chi connectivity index (χ4v) is 4.90. The monoisotopic (exact) mass is 426 g/mol. The predicted molar refractivity (Wildman–Crippen MR) is 113 cm³/mol. The quantitative estimate of drug-likeness (QED) is 0.595. The molecule has 156 valence electrons. The first kappa shape index (κ1) is 20.5. The lowest BCUT2D eigenvalue weighted by Gasteiger charge is -2.34. The van der Waals surface area contributed by atoms with E-state index in [1.54, 1.807) is 0 Å². The molecule has 1 saturated heterocycles. The number of piperazine rings is 1. The average molecular weight is 427 g/mol. The largest absolute Gasteiger partial charge is 0.457 e. The van der Waals surface area contributed by atoms with Crippen molar-refractivity contribution in [2.24, 2.45) is 0 Å². The minimum Gasteiger partial charge on any atom is -0.457 e. The summed E-state index contributed by atoms with van der Waals surface area (Å²) < 4.78 is 46.0. The van der Waals surface area contributed by atoms with Crippen LogP contribution in [0.5, 0.6) is 11.5 Å². The molecule has 1 aliphatic heterocycles. The average Bonchev–Trinajstić information content (AvgIpc) is 2.75. The van der Waals surface area contributed by atoms with Crippen molar-refractivity contribution in [2.45, 2.75) is 11.4 Å². The summed E-state index contributed by atoms with van der Waals surface area (Å²) in [6.07, 6.45) is 0. The van der Waals surface area contributed by atoms with Crippen molar-refractivity contribution in [3.63, 3.8) is 0 Å². The van der Waals surface area contributed by atoms with Crippen LogP contribution in [0.1, 0.15) is 5.56 Å². The fourth-order valence-electron chi connectivity index (χ4n) is 3.47. The highest BCUT2D eigenvalue weighted by Gasteiger charge is 2.28. The third-order valence-electron chi connectivity index (χ3n) is 5.07. The fraction of sp³-hybridized carbons (Fsp3) is 0.217. The van der Waals surface area contributed by atoms with Crippen LogP contribution in [0.3, 0.4) is 0 Å². The number of nitrogens with zero attached hydrogens (tertiary/aromatic N) is 2. The molecule has 1 aliphatic rings. The van der Waals surface area contributed by atoms with E-state index in [1.807, 2.05) is 54.6 Å². The summed E-state index contributed by atoms with van der Waals surface area (Å²) >= 11 is 0. The van der Waals surface area contributed by atoms with Gasteiger partial charge in [-0.05, 0) is 54.1 Å². The van der Waals surface area contributed by atoms with Crippen LogP contribution in [0.25, 0.3) is 0 Å². The van der Waals surface area contributed by atoms with Crippen LogP contribution < -0.4 is 4.74 Å². The molecule has 0 atom stereocenters. The van der Waals surface area contributed by atoms with Crippen LogP contribution in [-0.4, -0.2) is 43.8 Å². The van der Waals surface area contributed by atoms with E-state index in [4.69, 9.17) is 4.74 Å². The maximum absolute atomic E-state index is 13.1. The van der Waals surface area contributed by atoms with E-state index < -0.39 is 15.8 Å². The summed E-state index contributed by atoms with van der Waals surface area (Å²) in [6.45, 7) is 2.78. The van der Waals surface area contributed by atoms with Crippen molar-refractivity contribution in [1.29, 1.82) is 0 Å². The van der Waals surface area contributed by atoms with Gasteiger partial charge in [0.25, 0.3) is 0 Å². The van der Waals surface area contributed by atoms with Crippen molar-refractivity contribution in [2.75, 3.05) is 26.2 Å². The molecule has 0 aliphatic carbocycles. The van der Waals surface area contributed by atoms with Crippen molar-refractivity contribution in [3.05, 3.63) is 90.2 Å². The molecular weight excluding hydrogens is 403 g/mol. The molecule has 0 unspecified atom stereocenters. The van der Waals surface area contributed by atoms with Gasteiger partial charge in [-0.15, -0.1) is 0 Å². The summed E-state index contributed by atoms with van der Waals surface area (Å²) in [5.41, 5.74) is 1.11. The highest BCUT2D eigenvalue weighted by molar-refractivity contribution is 7.89. The Morgan fingerprint density at radius 1 is 0.800 bits per heavy atom. The van der Waals surface area contributed by atoms with Gasteiger partial charge in [-0.25, -0.2) is 12.8 Å². The molecular formula is C23H23FN2O3S. The van der Waals surface area contributed by atoms with Gasteiger partial charge in [-0.1, -0.05) is 30.3 Å². The topological polar surface area (TPSA) is 49.9 Å². The van der Waals surface area contributed by atoms with Gasteiger partial charge in [0.2, 0.25) is 10.0 Å². The Labute approximate surface area is 176 Å². The molecule has 0 saturated carbocycles. The summed E-state index contributed by atoms with van der Waals surface area (Å²) in [5.74, 6) is 1.11. The zero-order valence-electron chi connectivity index (χ0n) is 16.4. The Morgan fingerprint density at radius 3 is 2.17 bits per heavy atom. The molecule has 0 amide bonds. The van der Waals surface area contributed by atoms with Crippen LogP contribution >= 0.6 is 0 Å². The number of ether oxygens (including phenoxy) is 1. The summed E-state index contributed by atoms with van der Waals surface area (Å²) in [6, 6.07) is 22.5. The van der Waals surface area contributed by atoms with E-state index in [1.165, 1.54) is 28.6 Å². The van der Waals surface area contributed by atoms with Gasteiger partial charge in [0.1, 0.15) is 17.3 Å². The first-order valence-corrected chi connectivity index (χ1v) is 11.2. The van der Waals surface area contributed by atoms with Crippen LogP contribution in [0.15, 0.2) is 83.8 Å². The standard InChI is InChI=1S/C23H23FN2O3S/c24-20-9-11-23(12-10-20)30(27,28)26-15-13-25(14-16-26)18-19-5-4-8-22(17-19)29-21-6-2-1-3-7-21/h1-12,17H,13-16,18H2. The SMILES string of the molecule is O=S(=O)(c1ccc(F)cc1)N1CCN(Cc2cccc(Oc3ccccc3)c2)CC1. The van der Waals surface area contributed by atoms with Gasteiger partial charge >= 0.3 is 0 Å². The first-order chi connectivity index (χ1) is 14.5. The maximum Gasteiger partial charge on any atom is 0.243 e. The highest BCUT2D eigenvalue weighted by atomic mass is 32.2. The molecule has 4 rings (SSSR count). The molecule has 5 nitrogen and oxygen atoms in total. The molecule has 0 bridgehead atoms. The number of benzene rings is 3. The number of halogens is 1. The molecule has 0 aromatic heterocycles. The number of sulfonamides is 1. The van der Waals surface area contributed by atoms with Crippen molar-refractivity contribution >= 4 is 10.0 Å². The second kappa shape index (κ2) is 8.95. The minimum atomic E-state index is -3.60. The molecule has 0 radical (unpaired) electrons. The molecule has 0 spiro atoms. The second-order valence-corrected chi connectivity index (χ2v) is 9.13. The normalized spacial score (nSPS) is 15.8. The predicted octanol–water partition coefficient (Wildman–Crippen LogP) is 4.12. The Kier molecular flexibility index (Phi) is 6.13. The molecule has 30 heavy (non-hydrogen) atoms. The number of hydrogen-bond acceptors (Lipinski definition) is 4. The van der Waals surface area contributed by atoms with E-state index in [0.29, 0.717) is 26.2 Å². The van der Waals surface area contributed by atoms with Gasteiger partial charge in [-0.2, -0.15) is 4.31 Å². The van der Waals surface area contributed by atoms with Gasteiger partial charge in [-0.3, -0.25) is 4.90 Å². The number of hydrogen-bond donors (Lipinski definition) is 0. The van der Waals surface area contributed by atoms with Gasteiger partial charge in [0.15, 0.2) is 0 Å². The van der Waals surface area contributed by atoms with E-state index in [2.05, 4.69) is 4.90 Å². The van der Waals surface area contributed by atoms with Gasteiger partial charge in [0.05, 0.1) is 4.90 Å². The van der Waals surface area contributed by atoms with Gasteiger partial charge in [0, 0.05) is 32.7 Å². The molecule has 7 heteroatoms. The summed E-state index contributed by atoms with van der Waals surface area (Å²) in [5, 5.41) is 0. The van der Waals surface area contributed by atoms with E-state index >= 15 is 0 Å². The van der Waals surface area contributed by atoms with E-state index in [0.717, 1.165) is 23.6 Å². The zero-order chi connectivity index (χ0) is 21.0. The van der Waals surface area contributed by atoms with Crippen LogP contribution in [0, 0.1) is 5.82 Å². The summed E-state index contributed by atoms with van der Waals surface area (Å²) in [7, 11) is -3.60. The summed E-state index contributed by atoms with van der Waals surface area (Å²) in [4.78, 5) is 2.35. The van der Waals surface area contributed by atoms with Crippen molar-refractivity contribution in [1.82, 2.24) is 9.21 Å². The molecule has 3 aromatic rings. The third kappa shape index (κ3) is 4.87. The lowest BCUT2D eigenvalue weighted by Crippen LogP contribution is -2.48. The maximum atomic E-state index is 13.1. The van der Waals surface area contributed by atoms with Crippen molar-refractivity contribution in [3.8, 4) is 11.5 Å². The Morgan fingerprint density at radius 2 is 1.47 bits per heavy atom. The third-order valence-corrected chi connectivity index (χ3v) is 6.98. The highest BCUT2D eigenvalue weighted by Crippen LogP contribution is 2.23. The molecule has 1 heterocycles. The van der Waals surface area contributed by atoms with Gasteiger partial charge < -0.3 is 4.74 Å². The lowest BCUT2D eigenvalue weighted by molar-refractivity contribution is 0.181. The number of para-hydroxylation sites is 1. The molecule has 0 N–H and O–H groups in total. The zero-order valence-corrected chi connectivity index (χ0v) is 17.3. The van der Waals surface area contributed by atoms with E-state index in [-0.39, 0.29) is 4.90 Å². The smallest absolute Gasteiger partial charge is 0.243 e. The second-order valence-electron chi connectivity index (χ2n) is 7.20. The molecule has 3 aromatic carbocycles. The van der Waals surface area contributed by atoms with Crippen molar-refractivity contribution < 1.29 is 17.5 Å². The Hall–Kier alpha value is -2.74. The molecule has 1 fully saturated rings. The minimum absolute atomic E-state index is 0.128. The lowest BCUT2D eigenvalue weighted by atomic mass is 10.2.